The number of hydrogen-bond donors (Lipinski definition) is 1. The first-order valence-corrected chi connectivity index (χ1v) is 11.2. The normalized spacial score (nSPS) is 42.8. The van der Waals surface area contributed by atoms with E-state index in [9.17, 15) is 5.11 Å². The topological polar surface area (TPSA) is 20.2 Å². The van der Waals surface area contributed by atoms with Gasteiger partial charge < -0.3 is 14.1 Å². The molecule has 0 amide bonds. The van der Waals surface area contributed by atoms with Crippen molar-refractivity contribution in [2.24, 2.45) is 23.7 Å². The van der Waals surface area contributed by atoms with Crippen LogP contribution in [0.2, 0.25) is 0 Å². The highest BCUT2D eigenvalue weighted by Gasteiger charge is 2.45. The largest absolute Gasteiger partial charge is 0.345 e. The van der Waals surface area contributed by atoms with Crippen LogP contribution in [0.1, 0.15) is 66.2 Å². The molecule has 2 saturated heterocycles. The summed E-state index contributed by atoms with van der Waals surface area (Å²) in [6, 6.07) is 0. The minimum absolute atomic E-state index is 0.163. The van der Waals surface area contributed by atoms with E-state index >= 15 is 0 Å². The first-order chi connectivity index (χ1) is 11.8. The van der Waals surface area contributed by atoms with Crippen LogP contribution in [-0.4, -0.2) is 67.1 Å². The molecule has 0 bridgehead atoms. The van der Waals surface area contributed by atoms with Gasteiger partial charge in [0.05, 0.1) is 46.8 Å². The third kappa shape index (κ3) is 4.78. The molecule has 0 aromatic rings. The fourth-order valence-electron chi connectivity index (χ4n) is 6.19. The van der Waals surface area contributed by atoms with E-state index in [1.54, 1.807) is 0 Å². The van der Waals surface area contributed by atoms with Gasteiger partial charge in [-0.1, -0.05) is 27.7 Å². The van der Waals surface area contributed by atoms with Crippen molar-refractivity contribution in [2.75, 3.05) is 46.8 Å². The molecule has 0 radical (unpaired) electrons. The van der Waals surface area contributed by atoms with Crippen molar-refractivity contribution in [3.63, 3.8) is 0 Å². The third-order valence-corrected chi connectivity index (χ3v) is 7.96. The van der Waals surface area contributed by atoms with Crippen molar-refractivity contribution in [2.45, 2.75) is 72.4 Å². The molecule has 0 aromatic carbocycles. The monoisotopic (exact) mass is 354 g/mol. The van der Waals surface area contributed by atoms with Crippen molar-refractivity contribution in [3.8, 4) is 0 Å². The molecule has 3 nitrogen and oxygen atoms in total. The molecule has 148 valence electrons. The van der Waals surface area contributed by atoms with E-state index in [1.165, 1.54) is 69.3 Å². The van der Waals surface area contributed by atoms with E-state index in [0.717, 1.165) is 34.6 Å². The van der Waals surface area contributed by atoms with Crippen molar-refractivity contribution in [1.82, 2.24) is 0 Å². The zero-order valence-corrected chi connectivity index (χ0v) is 18.0. The Morgan fingerprint density at radius 2 is 1.16 bits per heavy atom. The summed E-state index contributed by atoms with van der Waals surface area (Å²) >= 11 is 0. The molecule has 0 aliphatic carbocycles. The van der Waals surface area contributed by atoms with Gasteiger partial charge in [-0.15, -0.1) is 0 Å². The fourth-order valence-corrected chi connectivity index (χ4v) is 6.19. The third-order valence-electron chi connectivity index (χ3n) is 7.96. The van der Waals surface area contributed by atoms with E-state index in [-0.39, 0.29) is 6.23 Å². The van der Waals surface area contributed by atoms with E-state index in [4.69, 9.17) is 0 Å². The van der Waals surface area contributed by atoms with Gasteiger partial charge in [-0.2, -0.15) is 0 Å². The van der Waals surface area contributed by atoms with Crippen LogP contribution in [0.25, 0.3) is 0 Å². The first kappa shape index (κ1) is 21.2. The van der Waals surface area contributed by atoms with Gasteiger partial charge in [-0.25, -0.2) is 0 Å². The number of likely N-dealkylation sites (tertiary alicyclic amines) is 2. The molecule has 2 rings (SSSR count). The molecule has 1 N–H and O–H groups in total. The van der Waals surface area contributed by atoms with Crippen molar-refractivity contribution in [3.05, 3.63) is 0 Å². The van der Waals surface area contributed by atoms with Crippen LogP contribution in [-0.2, 0) is 0 Å². The Hall–Kier alpha value is -0.120. The van der Waals surface area contributed by atoms with Gasteiger partial charge in [0.15, 0.2) is 6.23 Å². The van der Waals surface area contributed by atoms with Gasteiger partial charge in [0.25, 0.3) is 0 Å². The summed E-state index contributed by atoms with van der Waals surface area (Å²) in [5.74, 6) is 3.45. The lowest BCUT2D eigenvalue weighted by Crippen LogP contribution is -2.51. The average molecular weight is 355 g/mol. The van der Waals surface area contributed by atoms with Crippen LogP contribution >= 0.6 is 0 Å². The zero-order valence-electron chi connectivity index (χ0n) is 18.0. The average Bonchev–Trinajstić information content (AvgIpc) is 3.12. The predicted octanol–water partition coefficient (Wildman–Crippen LogP) is 4.11. The summed E-state index contributed by atoms with van der Waals surface area (Å²) in [4.78, 5) is 0. The molecular weight excluding hydrogens is 308 g/mol. The fraction of sp³-hybridized carbons (Fsp3) is 1.00. The highest BCUT2D eigenvalue weighted by atomic mass is 16.3. The lowest BCUT2D eigenvalue weighted by molar-refractivity contribution is -0.947. The van der Waals surface area contributed by atoms with Gasteiger partial charge >= 0.3 is 0 Å². The maximum atomic E-state index is 11.0. The van der Waals surface area contributed by atoms with Gasteiger partial charge in [0.1, 0.15) is 0 Å². The number of rotatable bonds is 9. The van der Waals surface area contributed by atoms with Crippen LogP contribution in [0, 0.1) is 23.7 Å². The second-order valence-electron chi connectivity index (χ2n) is 9.85. The maximum absolute atomic E-state index is 11.0. The van der Waals surface area contributed by atoms with Gasteiger partial charge in [-0.3, -0.25) is 0 Å². The predicted molar refractivity (Wildman–Crippen MR) is 107 cm³/mol. The Balaban J connectivity index is 1.83. The smallest absolute Gasteiger partial charge is 0.190 e. The van der Waals surface area contributed by atoms with Crippen molar-refractivity contribution >= 4 is 0 Å². The van der Waals surface area contributed by atoms with Gasteiger partial charge in [0, 0.05) is 36.5 Å². The molecule has 2 heterocycles. The van der Waals surface area contributed by atoms with Crippen LogP contribution < -0.4 is 0 Å². The van der Waals surface area contributed by atoms with Crippen molar-refractivity contribution in [1.29, 1.82) is 0 Å². The molecule has 5 unspecified atom stereocenters. The van der Waals surface area contributed by atoms with E-state index < -0.39 is 0 Å². The maximum Gasteiger partial charge on any atom is 0.190 e. The number of hydrogen-bond acceptors (Lipinski definition) is 1. The summed E-state index contributed by atoms with van der Waals surface area (Å²) < 4.78 is 2.14. The molecular formula is C22H46N2O+2. The summed E-state index contributed by atoms with van der Waals surface area (Å²) in [5, 5.41) is 11.0. The van der Waals surface area contributed by atoms with Gasteiger partial charge in [-0.05, 0) is 25.7 Å². The number of aliphatic hydroxyl groups excluding tert-OH is 1. The Bertz CT molecular complexity index is 387. The summed E-state index contributed by atoms with van der Waals surface area (Å²) in [6.07, 6.45) is 7.19. The highest BCUT2D eigenvalue weighted by molar-refractivity contribution is 4.76. The Labute approximate surface area is 157 Å². The summed E-state index contributed by atoms with van der Waals surface area (Å²) in [6.45, 7) is 15.7. The lowest BCUT2D eigenvalue weighted by Gasteiger charge is -2.36. The molecule has 0 spiro atoms. The van der Waals surface area contributed by atoms with Gasteiger partial charge in [0.2, 0.25) is 0 Å². The summed E-state index contributed by atoms with van der Waals surface area (Å²) in [5.41, 5.74) is 0. The minimum Gasteiger partial charge on any atom is -0.345 e. The SMILES string of the molecule is CCC1C[N+](C)(CCCC(O)[N+]2(C)CC(CC)C(CC)C2)CC1CC. The van der Waals surface area contributed by atoms with E-state index in [1.807, 2.05) is 0 Å². The minimum atomic E-state index is -0.163. The van der Waals surface area contributed by atoms with Crippen LogP contribution in [0.15, 0.2) is 0 Å². The molecule has 25 heavy (non-hydrogen) atoms. The molecule has 2 fully saturated rings. The standard InChI is InChI=1S/C22H46N2O/c1-7-18-14-23(5,15-19(18)8-2)13-11-12-22(25)24(6)16-20(9-3)21(10-4)17-24/h18-22,25H,7-17H2,1-6H3/q+2. The lowest BCUT2D eigenvalue weighted by atomic mass is 9.92. The number of aliphatic hydroxyl groups is 1. The molecule has 0 aromatic heterocycles. The molecule has 5 atom stereocenters. The number of quaternary nitrogens is 2. The van der Waals surface area contributed by atoms with Crippen molar-refractivity contribution < 1.29 is 14.1 Å². The molecule has 2 aliphatic rings. The Morgan fingerprint density at radius 3 is 1.56 bits per heavy atom. The Kier molecular flexibility index (Phi) is 7.38. The van der Waals surface area contributed by atoms with Crippen LogP contribution in [0.3, 0.4) is 0 Å². The first-order valence-electron chi connectivity index (χ1n) is 11.2. The van der Waals surface area contributed by atoms with Crippen LogP contribution in [0.4, 0.5) is 0 Å². The van der Waals surface area contributed by atoms with E-state index in [2.05, 4.69) is 41.8 Å². The second-order valence-corrected chi connectivity index (χ2v) is 9.85. The quantitative estimate of drug-likeness (QED) is 0.618. The van der Waals surface area contributed by atoms with E-state index in [0.29, 0.717) is 0 Å². The summed E-state index contributed by atoms with van der Waals surface area (Å²) in [7, 11) is 4.76. The highest BCUT2D eigenvalue weighted by Crippen LogP contribution is 2.36. The Morgan fingerprint density at radius 1 is 0.760 bits per heavy atom. The molecule has 0 saturated carbocycles. The number of nitrogens with zero attached hydrogens (tertiary/aromatic N) is 2. The second kappa shape index (κ2) is 8.71. The van der Waals surface area contributed by atoms with Crippen LogP contribution in [0.5, 0.6) is 0 Å². The molecule has 3 heteroatoms. The molecule has 2 aliphatic heterocycles. The zero-order chi connectivity index (χ0) is 18.7.